The first-order valence-electron chi connectivity index (χ1n) is 6.32. The second-order valence-electron chi connectivity index (χ2n) is 4.29. The van der Waals surface area contributed by atoms with Crippen LogP contribution < -0.4 is 14.2 Å². The second kappa shape index (κ2) is 6.62. The Morgan fingerprint density at radius 1 is 0.909 bits per heavy atom. The molecule has 114 valence electrons. The van der Waals surface area contributed by atoms with E-state index in [1.54, 1.807) is 24.3 Å². The Morgan fingerprint density at radius 3 is 2.09 bits per heavy atom. The molecule has 0 aromatic heterocycles. The number of carboxylic acids is 1. The number of hydrogen-bond donors (Lipinski definition) is 1. The van der Waals surface area contributed by atoms with E-state index in [0.29, 0.717) is 11.3 Å². The summed E-state index contributed by atoms with van der Waals surface area (Å²) in [5.41, 5.74) is 0.342. The van der Waals surface area contributed by atoms with Crippen LogP contribution >= 0.6 is 0 Å². The summed E-state index contributed by atoms with van der Waals surface area (Å²) in [4.78, 5) is 23.0. The van der Waals surface area contributed by atoms with Gasteiger partial charge in [-0.05, 0) is 36.4 Å². The highest BCUT2D eigenvalue weighted by atomic mass is 16.5. The van der Waals surface area contributed by atoms with Crippen molar-refractivity contribution >= 4 is 11.9 Å². The molecule has 0 spiro atoms. The molecule has 0 bridgehead atoms. The summed E-state index contributed by atoms with van der Waals surface area (Å²) in [6.07, 6.45) is 0. The van der Waals surface area contributed by atoms with Crippen molar-refractivity contribution in [2.45, 2.75) is 0 Å². The van der Waals surface area contributed by atoms with Crippen molar-refractivity contribution in [1.29, 1.82) is 0 Å². The van der Waals surface area contributed by atoms with Crippen LogP contribution in [0.2, 0.25) is 0 Å². The number of ether oxygens (including phenoxy) is 3. The summed E-state index contributed by atoms with van der Waals surface area (Å²) >= 11 is 0. The van der Waals surface area contributed by atoms with Gasteiger partial charge in [-0.1, -0.05) is 0 Å². The topological polar surface area (TPSA) is 82.1 Å². The lowest BCUT2D eigenvalue weighted by Crippen LogP contribution is -2.09. The Balaban J connectivity index is 2.18. The Kier molecular flexibility index (Phi) is 4.63. The Labute approximate surface area is 126 Å². The molecule has 0 heterocycles. The number of methoxy groups -OCH3 is 2. The number of carboxylic acid groups (broad SMARTS) is 1. The molecule has 6 nitrogen and oxygen atoms in total. The molecule has 2 rings (SSSR count). The standard InChI is InChI=1S/C16H14O6/c1-20-11-5-3-10(4-6-11)16(19)22-12-7-8-13(15(17)18)14(9-12)21-2/h3-9H,1-2H3,(H,17,18). The molecule has 1 N–H and O–H groups in total. The normalized spacial score (nSPS) is 9.91. The highest BCUT2D eigenvalue weighted by Crippen LogP contribution is 2.25. The first kappa shape index (κ1) is 15.4. The maximum Gasteiger partial charge on any atom is 0.343 e. The lowest BCUT2D eigenvalue weighted by molar-refractivity contribution is 0.0693. The summed E-state index contributed by atoms with van der Waals surface area (Å²) in [5.74, 6) is -0.739. The summed E-state index contributed by atoms with van der Waals surface area (Å²) in [7, 11) is 2.88. The molecule has 2 aromatic rings. The Morgan fingerprint density at radius 2 is 1.55 bits per heavy atom. The van der Waals surface area contributed by atoms with Crippen LogP contribution in [-0.4, -0.2) is 31.3 Å². The average molecular weight is 302 g/mol. The molecule has 6 heteroatoms. The SMILES string of the molecule is COc1ccc(C(=O)Oc2ccc(C(=O)O)c(OC)c2)cc1. The van der Waals surface area contributed by atoms with Crippen LogP contribution in [0.5, 0.6) is 17.2 Å². The predicted octanol–water partition coefficient (Wildman–Crippen LogP) is 2.62. The number of aromatic carboxylic acids is 1. The minimum atomic E-state index is -1.12. The third-order valence-corrected chi connectivity index (χ3v) is 2.94. The van der Waals surface area contributed by atoms with Crippen LogP contribution in [0.1, 0.15) is 20.7 Å². The van der Waals surface area contributed by atoms with Gasteiger partial charge in [0, 0.05) is 6.07 Å². The maximum atomic E-state index is 12.0. The number of hydrogen-bond acceptors (Lipinski definition) is 5. The Bertz CT molecular complexity index is 690. The fraction of sp³-hybridized carbons (Fsp3) is 0.125. The predicted molar refractivity (Wildman–Crippen MR) is 77.9 cm³/mol. The molecule has 0 unspecified atom stereocenters. The number of esters is 1. The molecule has 0 amide bonds. The zero-order valence-corrected chi connectivity index (χ0v) is 12.0. The molecule has 0 aliphatic heterocycles. The summed E-state index contributed by atoms with van der Waals surface area (Å²) in [6.45, 7) is 0. The van der Waals surface area contributed by atoms with Crippen LogP contribution in [0.15, 0.2) is 42.5 Å². The van der Waals surface area contributed by atoms with Gasteiger partial charge in [0.15, 0.2) is 0 Å². The van der Waals surface area contributed by atoms with Crippen LogP contribution in [0.4, 0.5) is 0 Å². The van der Waals surface area contributed by atoms with Crippen molar-refractivity contribution in [2.75, 3.05) is 14.2 Å². The van der Waals surface area contributed by atoms with Crippen LogP contribution in [-0.2, 0) is 0 Å². The fourth-order valence-corrected chi connectivity index (χ4v) is 1.80. The van der Waals surface area contributed by atoms with Crippen molar-refractivity contribution in [3.8, 4) is 17.2 Å². The molecule has 2 aromatic carbocycles. The maximum absolute atomic E-state index is 12.0. The van der Waals surface area contributed by atoms with Gasteiger partial charge in [-0.3, -0.25) is 0 Å². The number of rotatable bonds is 5. The monoisotopic (exact) mass is 302 g/mol. The molecule has 22 heavy (non-hydrogen) atoms. The quantitative estimate of drug-likeness (QED) is 0.675. The van der Waals surface area contributed by atoms with Crippen molar-refractivity contribution < 1.29 is 28.9 Å². The van der Waals surface area contributed by atoms with E-state index in [9.17, 15) is 9.59 Å². The van der Waals surface area contributed by atoms with Gasteiger partial charge in [0.2, 0.25) is 0 Å². The van der Waals surface area contributed by atoms with Gasteiger partial charge in [-0.2, -0.15) is 0 Å². The van der Waals surface area contributed by atoms with E-state index in [4.69, 9.17) is 19.3 Å². The van der Waals surface area contributed by atoms with Crippen molar-refractivity contribution in [1.82, 2.24) is 0 Å². The molecular weight excluding hydrogens is 288 g/mol. The molecule has 0 radical (unpaired) electrons. The van der Waals surface area contributed by atoms with E-state index in [0.717, 1.165) is 0 Å². The second-order valence-corrected chi connectivity index (χ2v) is 4.29. The van der Waals surface area contributed by atoms with Crippen LogP contribution in [0.25, 0.3) is 0 Å². The van der Waals surface area contributed by atoms with Crippen molar-refractivity contribution in [3.05, 3.63) is 53.6 Å². The third-order valence-electron chi connectivity index (χ3n) is 2.94. The van der Waals surface area contributed by atoms with Gasteiger partial charge in [-0.15, -0.1) is 0 Å². The lowest BCUT2D eigenvalue weighted by atomic mass is 10.2. The largest absolute Gasteiger partial charge is 0.497 e. The van der Waals surface area contributed by atoms with Crippen molar-refractivity contribution in [3.63, 3.8) is 0 Å². The van der Waals surface area contributed by atoms with E-state index in [2.05, 4.69) is 0 Å². The fourth-order valence-electron chi connectivity index (χ4n) is 1.80. The minimum absolute atomic E-state index is 0.00764. The number of carbonyl (C=O) groups is 2. The van der Waals surface area contributed by atoms with Gasteiger partial charge in [-0.25, -0.2) is 9.59 Å². The molecule has 0 aliphatic carbocycles. The van der Waals surface area contributed by atoms with Crippen molar-refractivity contribution in [2.24, 2.45) is 0 Å². The molecule has 0 aliphatic rings. The third kappa shape index (κ3) is 3.35. The first-order valence-corrected chi connectivity index (χ1v) is 6.32. The van der Waals surface area contributed by atoms with Gasteiger partial charge in [0.1, 0.15) is 22.8 Å². The number of benzene rings is 2. The zero-order valence-electron chi connectivity index (χ0n) is 12.0. The van der Waals surface area contributed by atoms with E-state index < -0.39 is 11.9 Å². The smallest absolute Gasteiger partial charge is 0.343 e. The molecule has 0 saturated carbocycles. The summed E-state index contributed by atoms with van der Waals surface area (Å²) in [6, 6.07) is 10.5. The van der Waals surface area contributed by atoms with E-state index in [-0.39, 0.29) is 17.1 Å². The van der Waals surface area contributed by atoms with Gasteiger partial charge < -0.3 is 19.3 Å². The van der Waals surface area contributed by atoms with Gasteiger partial charge >= 0.3 is 11.9 Å². The first-order chi connectivity index (χ1) is 10.5. The highest BCUT2D eigenvalue weighted by molar-refractivity contribution is 5.93. The molecular formula is C16H14O6. The average Bonchev–Trinajstić information content (AvgIpc) is 2.54. The Hall–Kier alpha value is -3.02. The van der Waals surface area contributed by atoms with E-state index in [1.807, 2.05) is 0 Å². The summed E-state index contributed by atoms with van der Waals surface area (Å²) < 4.78 is 15.2. The van der Waals surface area contributed by atoms with E-state index in [1.165, 1.54) is 32.4 Å². The molecule has 0 atom stereocenters. The highest BCUT2D eigenvalue weighted by Gasteiger charge is 2.14. The van der Waals surface area contributed by atoms with Crippen LogP contribution in [0.3, 0.4) is 0 Å². The van der Waals surface area contributed by atoms with E-state index >= 15 is 0 Å². The summed E-state index contributed by atoms with van der Waals surface area (Å²) in [5, 5.41) is 9.00. The molecule has 0 fully saturated rings. The number of carbonyl (C=O) groups excluding carboxylic acids is 1. The minimum Gasteiger partial charge on any atom is -0.497 e. The molecule has 0 saturated heterocycles. The lowest BCUT2D eigenvalue weighted by Gasteiger charge is -2.09. The zero-order chi connectivity index (χ0) is 16.1. The van der Waals surface area contributed by atoms with Crippen LogP contribution in [0, 0.1) is 0 Å². The van der Waals surface area contributed by atoms with Gasteiger partial charge in [0.25, 0.3) is 0 Å². The van der Waals surface area contributed by atoms with Gasteiger partial charge in [0.05, 0.1) is 19.8 Å².